The average Bonchev–Trinajstić information content (AvgIpc) is 2.82. The molecule has 100 valence electrons. The second kappa shape index (κ2) is 5.39. The monoisotopic (exact) mass is 415 g/mol. The summed E-state index contributed by atoms with van der Waals surface area (Å²) in [5, 5.41) is 1.72. The summed E-state index contributed by atoms with van der Waals surface area (Å²) in [7, 11) is 0. The Kier molecular flexibility index (Phi) is 3.75. The van der Waals surface area contributed by atoms with Crippen LogP contribution in [-0.4, -0.2) is 10.8 Å². The maximum Gasteiger partial charge on any atom is 0.195 e. The predicted molar refractivity (Wildman–Crippen MR) is 90.9 cm³/mol. The summed E-state index contributed by atoms with van der Waals surface area (Å²) >= 11 is 14.4. The highest BCUT2D eigenvalue weighted by atomic mass is 127. The van der Waals surface area contributed by atoms with Crippen LogP contribution in [0.5, 0.6) is 0 Å². The molecule has 3 aromatic rings. The number of H-pyrrole nitrogens is 1. The van der Waals surface area contributed by atoms with Crippen molar-refractivity contribution < 1.29 is 4.79 Å². The number of aromatic amines is 1. The van der Waals surface area contributed by atoms with Crippen LogP contribution >= 0.6 is 45.8 Å². The van der Waals surface area contributed by atoms with E-state index in [1.807, 2.05) is 24.3 Å². The molecule has 1 N–H and O–H groups in total. The number of halogens is 3. The maximum atomic E-state index is 12.6. The molecule has 3 rings (SSSR count). The van der Waals surface area contributed by atoms with Crippen LogP contribution in [0.25, 0.3) is 10.9 Å². The van der Waals surface area contributed by atoms with Gasteiger partial charge in [-0.1, -0.05) is 23.2 Å². The second-order valence-corrected chi connectivity index (χ2v) is 6.44. The highest BCUT2D eigenvalue weighted by Crippen LogP contribution is 2.31. The first-order valence-electron chi connectivity index (χ1n) is 5.82. The summed E-state index contributed by atoms with van der Waals surface area (Å²) in [6.45, 7) is 0. The van der Waals surface area contributed by atoms with E-state index in [1.54, 1.807) is 18.3 Å². The molecular weight excluding hydrogens is 408 g/mol. The van der Waals surface area contributed by atoms with Gasteiger partial charge in [-0.05, 0) is 59.0 Å². The maximum absolute atomic E-state index is 12.6. The zero-order valence-corrected chi connectivity index (χ0v) is 13.8. The number of hydrogen-bond acceptors (Lipinski definition) is 1. The third-order valence-electron chi connectivity index (χ3n) is 3.05. The first-order valence-corrected chi connectivity index (χ1v) is 7.66. The van der Waals surface area contributed by atoms with Gasteiger partial charge in [0.25, 0.3) is 0 Å². The van der Waals surface area contributed by atoms with Crippen LogP contribution in [0, 0.1) is 3.57 Å². The van der Waals surface area contributed by atoms with E-state index in [9.17, 15) is 4.79 Å². The third kappa shape index (κ3) is 2.45. The minimum Gasteiger partial charge on any atom is -0.360 e. The summed E-state index contributed by atoms with van der Waals surface area (Å²) in [6.07, 6.45) is 1.67. The van der Waals surface area contributed by atoms with Crippen molar-refractivity contribution in [1.82, 2.24) is 4.98 Å². The van der Waals surface area contributed by atoms with Crippen LogP contribution < -0.4 is 0 Å². The van der Waals surface area contributed by atoms with Crippen molar-refractivity contribution in [1.29, 1.82) is 0 Å². The van der Waals surface area contributed by atoms with Gasteiger partial charge in [-0.15, -0.1) is 0 Å². The van der Waals surface area contributed by atoms with Gasteiger partial charge in [0.05, 0.1) is 5.02 Å². The number of nitrogens with one attached hydrogen (secondary N) is 1. The standard InChI is InChI=1S/C15H8Cl2INO/c16-9-5-12(17)14-11(7-19-13(14)6-9)15(20)8-1-3-10(18)4-2-8/h1-7,19H. The minimum atomic E-state index is -0.0585. The molecule has 20 heavy (non-hydrogen) atoms. The Bertz CT molecular complexity index is 809. The minimum absolute atomic E-state index is 0.0585. The number of ketones is 1. The number of aromatic nitrogens is 1. The van der Waals surface area contributed by atoms with E-state index in [0.717, 1.165) is 9.09 Å². The van der Waals surface area contributed by atoms with E-state index in [1.165, 1.54) is 0 Å². The average molecular weight is 416 g/mol. The van der Waals surface area contributed by atoms with Gasteiger partial charge in [0.1, 0.15) is 0 Å². The molecular formula is C15H8Cl2INO. The molecule has 2 aromatic carbocycles. The molecule has 0 spiro atoms. The molecule has 0 radical (unpaired) electrons. The zero-order valence-electron chi connectivity index (χ0n) is 10.1. The molecule has 1 aromatic heterocycles. The van der Waals surface area contributed by atoms with Crippen molar-refractivity contribution in [2.75, 3.05) is 0 Å². The van der Waals surface area contributed by atoms with Crippen molar-refractivity contribution in [3.05, 3.63) is 67.3 Å². The van der Waals surface area contributed by atoms with Crippen LogP contribution in [0.15, 0.2) is 42.6 Å². The third-order valence-corrected chi connectivity index (χ3v) is 4.28. The molecule has 1 heterocycles. The van der Waals surface area contributed by atoms with E-state index >= 15 is 0 Å². The molecule has 2 nitrogen and oxygen atoms in total. The molecule has 0 atom stereocenters. The molecule has 0 bridgehead atoms. The largest absolute Gasteiger partial charge is 0.360 e. The molecule has 0 saturated carbocycles. The quantitative estimate of drug-likeness (QED) is 0.446. The van der Waals surface area contributed by atoms with Gasteiger partial charge in [-0.25, -0.2) is 0 Å². The molecule has 0 aliphatic carbocycles. The molecule has 0 saturated heterocycles. The van der Waals surface area contributed by atoms with Gasteiger partial charge < -0.3 is 4.98 Å². The lowest BCUT2D eigenvalue weighted by Gasteiger charge is -2.02. The van der Waals surface area contributed by atoms with Gasteiger partial charge in [-0.3, -0.25) is 4.79 Å². The van der Waals surface area contributed by atoms with Gasteiger partial charge in [0.2, 0.25) is 0 Å². The smallest absolute Gasteiger partial charge is 0.195 e. The first kappa shape index (κ1) is 13.9. The van der Waals surface area contributed by atoms with E-state index < -0.39 is 0 Å². The Morgan fingerprint density at radius 1 is 1.10 bits per heavy atom. The lowest BCUT2D eigenvalue weighted by atomic mass is 10.0. The summed E-state index contributed by atoms with van der Waals surface area (Å²) < 4.78 is 1.09. The van der Waals surface area contributed by atoms with Crippen molar-refractivity contribution in [2.24, 2.45) is 0 Å². The lowest BCUT2D eigenvalue weighted by molar-refractivity contribution is 0.104. The highest BCUT2D eigenvalue weighted by molar-refractivity contribution is 14.1. The van der Waals surface area contributed by atoms with Gasteiger partial charge >= 0.3 is 0 Å². The Labute approximate surface area is 139 Å². The van der Waals surface area contributed by atoms with Crippen LogP contribution in [-0.2, 0) is 0 Å². The number of carbonyl (C=O) groups excluding carboxylic acids is 1. The Hall–Kier alpha value is -1.04. The van der Waals surface area contributed by atoms with Gasteiger partial charge in [-0.2, -0.15) is 0 Å². The van der Waals surface area contributed by atoms with Crippen LogP contribution in [0.2, 0.25) is 10.0 Å². The van der Waals surface area contributed by atoms with Crippen molar-refractivity contribution in [2.45, 2.75) is 0 Å². The predicted octanol–water partition coefficient (Wildman–Crippen LogP) is 5.31. The normalized spacial score (nSPS) is 10.9. The zero-order chi connectivity index (χ0) is 14.3. The van der Waals surface area contributed by atoms with E-state index in [2.05, 4.69) is 27.6 Å². The number of benzene rings is 2. The van der Waals surface area contributed by atoms with E-state index in [4.69, 9.17) is 23.2 Å². The molecule has 5 heteroatoms. The number of hydrogen-bond donors (Lipinski definition) is 1. The van der Waals surface area contributed by atoms with Crippen molar-refractivity contribution in [3.63, 3.8) is 0 Å². The summed E-state index contributed by atoms with van der Waals surface area (Å²) in [5.41, 5.74) is 1.96. The SMILES string of the molecule is O=C(c1ccc(I)cc1)c1c[nH]c2cc(Cl)cc(Cl)c12. The van der Waals surface area contributed by atoms with E-state index in [-0.39, 0.29) is 5.78 Å². The Balaban J connectivity index is 2.15. The lowest BCUT2D eigenvalue weighted by Crippen LogP contribution is -2.00. The molecule has 0 aliphatic heterocycles. The summed E-state index contributed by atoms with van der Waals surface area (Å²) in [5.74, 6) is -0.0585. The Morgan fingerprint density at radius 2 is 1.80 bits per heavy atom. The fraction of sp³-hybridized carbons (Fsp3) is 0. The first-order chi connectivity index (χ1) is 9.56. The van der Waals surface area contributed by atoms with Crippen molar-refractivity contribution >= 4 is 62.5 Å². The number of carbonyl (C=O) groups is 1. The second-order valence-electron chi connectivity index (χ2n) is 4.35. The highest BCUT2D eigenvalue weighted by Gasteiger charge is 2.16. The summed E-state index contributed by atoms with van der Waals surface area (Å²) in [6, 6.07) is 10.8. The molecule has 0 aliphatic rings. The molecule has 0 unspecified atom stereocenters. The van der Waals surface area contributed by atoms with Gasteiger partial charge in [0.15, 0.2) is 5.78 Å². The number of fused-ring (bicyclic) bond motifs is 1. The van der Waals surface area contributed by atoms with Crippen LogP contribution in [0.4, 0.5) is 0 Å². The number of rotatable bonds is 2. The van der Waals surface area contributed by atoms with Crippen LogP contribution in [0.3, 0.4) is 0 Å². The van der Waals surface area contributed by atoms with Gasteiger partial charge in [0, 0.05) is 36.8 Å². The Morgan fingerprint density at radius 3 is 2.50 bits per heavy atom. The molecule has 0 amide bonds. The fourth-order valence-corrected chi connectivity index (χ4v) is 3.07. The molecule has 0 fully saturated rings. The van der Waals surface area contributed by atoms with E-state index in [0.29, 0.717) is 26.6 Å². The van der Waals surface area contributed by atoms with Crippen molar-refractivity contribution in [3.8, 4) is 0 Å². The topological polar surface area (TPSA) is 32.9 Å². The summed E-state index contributed by atoms with van der Waals surface area (Å²) in [4.78, 5) is 15.6. The fourth-order valence-electron chi connectivity index (χ4n) is 2.12. The van der Waals surface area contributed by atoms with Crippen LogP contribution in [0.1, 0.15) is 15.9 Å².